The van der Waals surface area contributed by atoms with E-state index in [0.717, 1.165) is 29.7 Å². The summed E-state index contributed by atoms with van der Waals surface area (Å²) in [7, 11) is 0. The number of rotatable bonds is 0. The largest absolute Gasteiger partial charge is 0.486 e. The van der Waals surface area contributed by atoms with Crippen LogP contribution in [0.3, 0.4) is 0 Å². The van der Waals surface area contributed by atoms with Crippen molar-refractivity contribution in [2.75, 3.05) is 0 Å². The van der Waals surface area contributed by atoms with Crippen LogP contribution in [0.25, 0.3) is 0 Å². The lowest BCUT2D eigenvalue weighted by molar-refractivity contribution is -0.0435. The van der Waals surface area contributed by atoms with Gasteiger partial charge in [-0.2, -0.15) is 0 Å². The zero-order chi connectivity index (χ0) is 14.5. The first-order valence-electron chi connectivity index (χ1n) is 7.62. The van der Waals surface area contributed by atoms with Gasteiger partial charge in [0.25, 0.3) is 0 Å². The Kier molecular flexibility index (Phi) is 2.97. The van der Waals surface area contributed by atoms with Crippen LogP contribution in [-0.2, 0) is 0 Å². The Hall–Kier alpha value is -1.31. The highest BCUT2D eigenvalue weighted by Crippen LogP contribution is 2.50. The molecule has 0 N–H and O–H groups in total. The van der Waals surface area contributed by atoms with Crippen molar-refractivity contribution in [3.05, 3.63) is 29.3 Å². The number of ether oxygens (including phenoxy) is 1. The van der Waals surface area contributed by atoms with Gasteiger partial charge in [-0.1, -0.05) is 32.4 Å². The molecule has 2 nitrogen and oxygen atoms in total. The molecule has 2 atom stereocenters. The highest BCUT2D eigenvalue weighted by Gasteiger charge is 2.48. The van der Waals surface area contributed by atoms with Crippen molar-refractivity contribution in [3.63, 3.8) is 0 Å². The van der Waals surface area contributed by atoms with Crippen LogP contribution in [-0.4, -0.2) is 11.4 Å². The van der Waals surface area contributed by atoms with Gasteiger partial charge in [0.1, 0.15) is 11.4 Å². The second-order valence-electron chi connectivity index (χ2n) is 7.74. The van der Waals surface area contributed by atoms with E-state index in [9.17, 15) is 4.79 Å². The molecular weight excluding hydrogens is 248 g/mol. The summed E-state index contributed by atoms with van der Waals surface area (Å²) < 4.78 is 6.37. The van der Waals surface area contributed by atoms with E-state index in [1.807, 2.05) is 25.1 Å². The molecule has 2 unspecified atom stereocenters. The third-order valence-electron chi connectivity index (χ3n) is 4.67. The maximum absolute atomic E-state index is 12.5. The first kappa shape index (κ1) is 13.7. The molecule has 0 saturated heterocycles. The summed E-state index contributed by atoms with van der Waals surface area (Å²) >= 11 is 0. The van der Waals surface area contributed by atoms with Gasteiger partial charge >= 0.3 is 0 Å². The van der Waals surface area contributed by atoms with Gasteiger partial charge in [-0.15, -0.1) is 0 Å². The number of carbonyl (C=O) groups excluding carboxylic acids is 1. The van der Waals surface area contributed by atoms with E-state index in [2.05, 4.69) is 20.8 Å². The van der Waals surface area contributed by atoms with Crippen LogP contribution in [0.4, 0.5) is 0 Å². The molecule has 2 heteroatoms. The van der Waals surface area contributed by atoms with Gasteiger partial charge in [-0.05, 0) is 49.7 Å². The maximum atomic E-state index is 12.5. The van der Waals surface area contributed by atoms with E-state index in [1.165, 1.54) is 6.42 Å². The summed E-state index contributed by atoms with van der Waals surface area (Å²) in [5, 5.41) is 0. The fourth-order valence-corrected chi connectivity index (χ4v) is 4.49. The average Bonchev–Trinajstić information content (AvgIpc) is 2.27. The number of fused-ring (bicyclic) bond motifs is 1. The average molecular weight is 272 g/mol. The van der Waals surface area contributed by atoms with Crippen LogP contribution in [0, 0.1) is 18.3 Å². The minimum absolute atomic E-state index is 0.250. The number of hydrogen-bond acceptors (Lipinski definition) is 2. The van der Waals surface area contributed by atoms with Crippen molar-refractivity contribution in [2.45, 2.75) is 59.0 Å². The number of benzene rings is 1. The Balaban J connectivity index is 1.98. The normalized spacial score (nSPS) is 31.8. The van der Waals surface area contributed by atoms with Gasteiger partial charge in [0, 0.05) is 0 Å². The third-order valence-corrected chi connectivity index (χ3v) is 4.67. The van der Waals surface area contributed by atoms with E-state index in [0.29, 0.717) is 12.3 Å². The molecule has 1 fully saturated rings. The van der Waals surface area contributed by atoms with Crippen molar-refractivity contribution in [3.8, 4) is 5.75 Å². The number of aryl methyl sites for hydroxylation is 1. The van der Waals surface area contributed by atoms with Crippen LogP contribution < -0.4 is 4.74 Å². The molecule has 1 aromatic carbocycles. The van der Waals surface area contributed by atoms with Gasteiger partial charge in [0.2, 0.25) is 0 Å². The van der Waals surface area contributed by atoms with E-state index in [1.54, 1.807) is 0 Å². The molecule has 0 bridgehead atoms. The molecule has 3 rings (SSSR count). The summed E-state index contributed by atoms with van der Waals surface area (Å²) in [6.07, 6.45) is 3.73. The lowest BCUT2D eigenvalue weighted by atomic mass is 9.63. The van der Waals surface area contributed by atoms with Crippen molar-refractivity contribution < 1.29 is 9.53 Å². The molecule has 0 aromatic heterocycles. The van der Waals surface area contributed by atoms with Gasteiger partial charge < -0.3 is 4.74 Å². The molecule has 108 valence electrons. The van der Waals surface area contributed by atoms with Crippen molar-refractivity contribution >= 4 is 5.78 Å². The van der Waals surface area contributed by atoms with E-state index < -0.39 is 0 Å². The molecule has 1 aromatic rings. The van der Waals surface area contributed by atoms with Gasteiger partial charge in [-0.3, -0.25) is 4.79 Å². The molecule has 0 amide bonds. The van der Waals surface area contributed by atoms with Crippen molar-refractivity contribution in [2.24, 2.45) is 11.3 Å². The van der Waals surface area contributed by atoms with Crippen LogP contribution >= 0.6 is 0 Å². The standard InChI is InChI=1S/C18H24O2/c1-12-5-6-16-14(7-12)15(19)10-18(20-16)9-13(2)8-17(3,4)11-18/h5-7,13H,8-11H2,1-4H3. The molecule has 1 spiro atoms. The number of ketones is 1. The highest BCUT2D eigenvalue weighted by atomic mass is 16.5. The lowest BCUT2D eigenvalue weighted by Gasteiger charge is -2.49. The monoisotopic (exact) mass is 272 g/mol. The van der Waals surface area contributed by atoms with Crippen LogP contribution in [0.2, 0.25) is 0 Å². The smallest absolute Gasteiger partial charge is 0.170 e. The van der Waals surface area contributed by atoms with Crippen LogP contribution in [0.5, 0.6) is 5.75 Å². The summed E-state index contributed by atoms with van der Waals surface area (Å²) in [4.78, 5) is 12.5. The van der Waals surface area contributed by atoms with Crippen LogP contribution in [0.15, 0.2) is 18.2 Å². The molecule has 0 radical (unpaired) electrons. The SMILES string of the molecule is Cc1ccc2c(c1)C(=O)CC1(CC(C)CC(C)(C)C1)O2. The minimum Gasteiger partial charge on any atom is -0.486 e. The number of hydrogen-bond donors (Lipinski definition) is 0. The first-order valence-corrected chi connectivity index (χ1v) is 7.62. The fraction of sp³-hybridized carbons (Fsp3) is 0.611. The zero-order valence-electron chi connectivity index (χ0n) is 13.0. The molecule has 2 aliphatic rings. The van der Waals surface area contributed by atoms with Crippen molar-refractivity contribution in [1.29, 1.82) is 0 Å². The molecular formula is C18H24O2. The van der Waals surface area contributed by atoms with Gasteiger partial charge in [0.05, 0.1) is 12.0 Å². The van der Waals surface area contributed by atoms with Gasteiger partial charge in [-0.25, -0.2) is 0 Å². The summed E-state index contributed by atoms with van der Waals surface area (Å²) in [5.74, 6) is 1.65. The van der Waals surface area contributed by atoms with Gasteiger partial charge in [0.15, 0.2) is 5.78 Å². The Morgan fingerprint density at radius 2 is 2.00 bits per heavy atom. The van der Waals surface area contributed by atoms with Crippen LogP contribution in [0.1, 0.15) is 62.4 Å². The third kappa shape index (κ3) is 2.36. The fourth-order valence-electron chi connectivity index (χ4n) is 4.49. The highest BCUT2D eigenvalue weighted by molar-refractivity contribution is 6.00. The Morgan fingerprint density at radius 3 is 2.70 bits per heavy atom. The Labute approximate surface area is 121 Å². The number of Topliss-reactive ketones (excluding diaryl/α,β-unsaturated/α-hetero) is 1. The topological polar surface area (TPSA) is 26.3 Å². The molecule has 1 saturated carbocycles. The van der Waals surface area contributed by atoms with E-state index >= 15 is 0 Å². The second-order valence-corrected chi connectivity index (χ2v) is 7.74. The molecule has 1 aliphatic carbocycles. The number of carbonyl (C=O) groups is 1. The lowest BCUT2D eigenvalue weighted by Crippen LogP contribution is -2.50. The Bertz CT molecular complexity index is 559. The van der Waals surface area contributed by atoms with E-state index in [4.69, 9.17) is 4.74 Å². The maximum Gasteiger partial charge on any atom is 0.170 e. The minimum atomic E-state index is -0.277. The molecule has 20 heavy (non-hydrogen) atoms. The molecule has 1 heterocycles. The summed E-state index contributed by atoms with van der Waals surface area (Å²) in [5.41, 5.74) is 1.86. The van der Waals surface area contributed by atoms with Crippen molar-refractivity contribution in [1.82, 2.24) is 0 Å². The zero-order valence-corrected chi connectivity index (χ0v) is 13.0. The predicted octanol–water partition coefficient (Wildman–Crippen LogP) is 4.55. The quantitative estimate of drug-likeness (QED) is 0.693. The first-order chi connectivity index (χ1) is 9.29. The summed E-state index contributed by atoms with van der Waals surface area (Å²) in [6, 6.07) is 5.96. The summed E-state index contributed by atoms with van der Waals surface area (Å²) in [6.45, 7) is 8.89. The Morgan fingerprint density at radius 1 is 1.25 bits per heavy atom. The predicted molar refractivity (Wildman–Crippen MR) is 80.3 cm³/mol. The van der Waals surface area contributed by atoms with E-state index in [-0.39, 0.29) is 16.8 Å². The molecule has 1 aliphatic heterocycles. The second kappa shape index (κ2) is 4.34.